The molecule has 6 rings (SSSR count). The third-order valence-electron chi connectivity index (χ3n) is 6.95. The van der Waals surface area contributed by atoms with Crippen molar-refractivity contribution >= 4 is 16.9 Å². The summed E-state index contributed by atoms with van der Waals surface area (Å²) in [6, 6.07) is 8.12. The number of pyridine rings is 1. The van der Waals surface area contributed by atoms with Crippen LogP contribution in [0.1, 0.15) is 37.4 Å². The second-order valence-corrected chi connectivity index (χ2v) is 8.66. The number of esters is 1. The highest BCUT2D eigenvalue weighted by molar-refractivity contribution is 5.84. The summed E-state index contributed by atoms with van der Waals surface area (Å²) in [7, 11) is 1.67. The van der Waals surface area contributed by atoms with Crippen LogP contribution >= 0.6 is 0 Å². The average Bonchev–Trinajstić information content (AvgIpc) is 3.62. The molecule has 4 aliphatic rings. The van der Waals surface area contributed by atoms with Crippen molar-refractivity contribution in [1.29, 1.82) is 0 Å². The fourth-order valence-electron chi connectivity index (χ4n) is 5.10. The van der Waals surface area contributed by atoms with Gasteiger partial charge in [-0.1, -0.05) is 6.08 Å². The van der Waals surface area contributed by atoms with E-state index in [1.54, 1.807) is 7.11 Å². The molecule has 5 nitrogen and oxygen atoms in total. The van der Waals surface area contributed by atoms with Crippen LogP contribution in [-0.4, -0.2) is 42.1 Å². The van der Waals surface area contributed by atoms with Crippen molar-refractivity contribution in [2.45, 2.75) is 37.8 Å². The number of carbonyl (C=O) groups excluding carboxylic acids is 1. The van der Waals surface area contributed by atoms with Crippen molar-refractivity contribution < 1.29 is 14.3 Å². The molecule has 1 saturated carbocycles. The minimum atomic E-state index is -0.283. The highest BCUT2D eigenvalue weighted by Gasteiger charge is 2.45. The van der Waals surface area contributed by atoms with E-state index < -0.39 is 0 Å². The highest BCUT2D eigenvalue weighted by Crippen LogP contribution is 2.44. The molecular weight excluding hydrogens is 364 g/mol. The van der Waals surface area contributed by atoms with Crippen molar-refractivity contribution in [3.05, 3.63) is 48.7 Å². The molecule has 0 spiro atoms. The van der Waals surface area contributed by atoms with Gasteiger partial charge in [0.25, 0.3) is 0 Å². The van der Waals surface area contributed by atoms with Crippen LogP contribution in [0.25, 0.3) is 10.9 Å². The van der Waals surface area contributed by atoms with Gasteiger partial charge in [-0.05, 0) is 68.3 Å². The fourth-order valence-corrected chi connectivity index (χ4v) is 5.10. The van der Waals surface area contributed by atoms with E-state index in [9.17, 15) is 4.79 Å². The maximum Gasteiger partial charge on any atom is 0.309 e. The van der Waals surface area contributed by atoms with Gasteiger partial charge in [-0.15, -0.1) is 6.58 Å². The van der Waals surface area contributed by atoms with Crippen molar-refractivity contribution in [2.75, 3.05) is 20.2 Å². The van der Waals surface area contributed by atoms with Crippen LogP contribution in [-0.2, 0) is 9.53 Å². The summed E-state index contributed by atoms with van der Waals surface area (Å²) in [5.41, 5.74) is 1.94. The van der Waals surface area contributed by atoms with Gasteiger partial charge in [0.1, 0.15) is 11.9 Å². The Morgan fingerprint density at radius 3 is 2.86 bits per heavy atom. The lowest BCUT2D eigenvalue weighted by Gasteiger charge is -2.51. The number of benzene rings is 1. The SMILES string of the molecule is C=C[C@H]1CN2CC[C@@H]1C[C@H]2[C@@H](OC(=O)C1CC1)c1ccnc2ccc(OC)cc12. The van der Waals surface area contributed by atoms with Gasteiger partial charge >= 0.3 is 5.97 Å². The van der Waals surface area contributed by atoms with E-state index in [0.717, 1.165) is 54.6 Å². The molecule has 1 aromatic heterocycles. The molecular formula is C24H28N2O3. The molecule has 0 N–H and O–H groups in total. The quantitative estimate of drug-likeness (QED) is 0.546. The van der Waals surface area contributed by atoms with Crippen molar-refractivity contribution in [3.8, 4) is 5.75 Å². The lowest BCUT2D eigenvalue weighted by molar-refractivity contribution is -0.158. The predicted octanol–water partition coefficient (Wildman–Crippen LogP) is 4.13. The molecule has 1 unspecified atom stereocenters. The van der Waals surface area contributed by atoms with Gasteiger partial charge in [0.15, 0.2) is 0 Å². The minimum Gasteiger partial charge on any atom is -0.497 e. The zero-order chi connectivity index (χ0) is 20.0. The minimum absolute atomic E-state index is 0.0502. The number of hydrogen-bond donors (Lipinski definition) is 0. The fraction of sp³-hybridized carbons (Fsp3) is 0.500. The Morgan fingerprint density at radius 1 is 1.31 bits per heavy atom. The highest BCUT2D eigenvalue weighted by atomic mass is 16.5. The second-order valence-electron chi connectivity index (χ2n) is 8.66. The molecule has 2 bridgehead atoms. The van der Waals surface area contributed by atoms with Crippen LogP contribution in [0.15, 0.2) is 43.1 Å². The van der Waals surface area contributed by atoms with Crippen molar-refractivity contribution in [3.63, 3.8) is 0 Å². The van der Waals surface area contributed by atoms with E-state index in [4.69, 9.17) is 9.47 Å². The maximum atomic E-state index is 12.7. The summed E-state index contributed by atoms with van der Waals surface area (Å²) in [5, 5.41) is 1.00. The Bertz CT molecular complexity index is 939. The van der Waals surface area contributed by atoms with E-state index in [0.29, 0.717) is 11.8 Å². The van der Waals surface area contributed by atoms with E-state index in [1.165, 1.54) is 6.42 Å². The number of nitrogens with zero attached hydrogens (tertiary/aromatic N) is 2. The zero-order valence-corrected chi connectivity index (χ0v) is 16.9. The summed E-state index contributed by atoms with van der Waals surface area (Å²) in [6.07, 6.45) is 7.77. The zero-order valence-electron chi connectivity index (χ0n) is 16.9. The normalized spacial score (nSPS) is 29.4. The summed E-state index contributed by atoms with van der Waals surface area (Å²) in [4.78, 5) is 19.7. The molecule has 5 heteroatoms. The molecule has 3 saturated heterocycles. The van der Waals surface area contributed by atoms with Crippen LogP contribution < -0.4 is 4.74 Å². The van der Waals surface area contributed by atoms with E-state index in [-0.39, 0.29) is 24.0 Å². The lowest BCUT2D eigenvalue weighted by atomic mass is 9.73. The summed E-state index contributed by atoms with van der Waals surface area (Å²) in [6.45, 7) is 6.10. The Kier molecular flexibility index (Phi) is 4.78. The molecule has 5 atom stereocenters. The summed E-state index contributed by atoms with van der Waals surface area (Å²) in [5.74, 6) is 1.97. The largest absolute Gasteiger partial charge is 0.497 e. The van der Waals surface area contributed by atoms with E-state index >= 15 is 0 Å². The number of piperidine rings is 3. The Morgan fingerprint density at radius 2 is 2.17 bits per heavy atom. The van der Waals surface area contributed by atoms with Gasteiger partial charge in [-0.3, -0.25) is 14.7 Å². The number of aromatic nitrogens is 1. The maximum absolute atomic E-state index is 12.7. The van der Waals surface area contributed by atoms with Gasteiger partial charge in [0.05, 0.1) is 24.6 Å². The topological polar surface area (TPSA) is 51.7 Å². The average molecular weight is 392 g/mol. The Balaban J connectivity index is 1.55. The number of carbonyl (C=O) groups is 1. The monoisotopic (exact) mass is 392 g/mol. The molecule has 1 aromatic carbocycles. The Labute approximate surface area is 171 Å². The number of methoxy groups -OCH3 is 1. The first kappa shape index (κ1) is 18.6. The van der Waals surface area contributed by atoms with Crippen LogP contribution in [0.5, 0.6) is 5.75 Å². The van der Waals surface area contributed by atoms with Crippen LogP contribution in [0.2, 0.25) is 0 Å². The standard InChI is InChI=1S/C24H28N2O3/c1-3-15-14-26-11-9-17(15)12-22(26)23(29-24(27)16-4-5-16)19-8-10-25-21-7-6-18(28-2)13-20(19)21/h3,6-8,10,13,15-17,22-23H,1,4-5,9,11-12,14H2,2H3/t15-,17+,22-,23-/m0/s1. The van der Waals surface area contributed by atoms with Gasteiger partial charge in [-0.2, -0.15) is 0 Å². The number of rotatable bonds is 6. The second kappa shape index (κ2) is 7.45. The van der Waals surface area contributed by atoms with Crippen molar-refractivity contribution in [1.82, 2.24) is 9.88 Å². The van der Waals surface area contributed by atoms with Gasteiger partial charge in [0.2, 0.25) is 0 Å². The van der Waals surface area contributed by atoms with Crippen molar-refractivity contribution in [2.24, 2.45) is 17.8 Å². The summed E-state index contributed by atoms with van der Waals surface area (Å²) >= 11 is 0. The number of hydrogen-bond acceptors (Lipinski definition) is 5. The molecule has 152 valence electrons. The van der Waals surface area contributed by atoms with Crippen LogP contribution in [0, 0.1) is 17.8 Å². The predicted molar refractivity (Wildman–Crippen MR) is 112 cm³/mol. The molecule has 1 aliphatic carbocycles. The smallest absolute Gasteiger partial charge is 0.309 e. The van der Waals surface area contributed by atoms with Crippen LogP contribution in [0.3, 0.4) is 0 Å². The lowest BCUT2D eigenvalue weighted by Crippen LogP contribution is -2.55. The van der Waals surface area contributed by atoms with Gasteiger partial charge in [-0.25, -0.2) is 0 Å². The number of fused-ring (bicyclic) bond motifs is 4. The molecule has 29 heavy (non-hydrogen) atoms. The Hall–Kier alpha value is -2.40. The summed E-state index contributed by atoms with van der Waals surface area (Å²) < 4.78 is 11.7. The van der Waals surface area contributed by atoms with E-state index in [1.807, 2.05) is 30.5 Å². The molecule has 0 amide bonds. The van der Waals surface area contributed by atoms with E-state index in [2.05, 4.69) is 22.5 Å². The molecule has 0 radical (unpaired) electrons. The van der Waals surface area contributed by atoms with Crippen LogP contribution in [0.4, 0.5) is 0 Å². The molecule has 4 fully saturated rings. The first-order valence-corrected chi connectivity index (χ1v) is 10.7. The first-order chi connectivity index (χ1) is 14.2. The molecule has 2 aromatic rings. The third-order valence-corrected chi connectivity index (χ3v) is 6.95. The van der Waals surface area contributed by atoms with Gasteiger partial charge < -0.3 is 9.47 Å². The molecule has 3 aliphatic heterocycles. The van der Waals surface area contributed by atoms with Gasteiger partial charge in [0, 0.05) is 23.7 Å². The first-order valence-electron chi connectivity index (χ1n) is 10.7. The third kappa shape index (κ3) is 3.42. The number of ether oxygens (including phenoxy) is 2. The molecule has 4 heterocycles.